The first kappa shape index (κ1) is 21.4. The number of nitrogens with zero attached hydrogens (tertiary/aromatic N) is 4. The first-order valence-corrected chi connectivity index (χ1v) is 11.3. The molecule has 2 aromatic rings. The Bertz CT molecular complexity index is 942. The number of hydrogen-bond donors (Lipinski definition) is 5. The van der Waals surface area contributed by atoms with Crippen LogP contribution in [0.15, 0.2) is 6.33 Å². The van der Waals surface area contributed by atoms with Crippen molar-refractivity contribution in [3.05, 3.63) is 6.33 Å². The van der Waals surface area contributed by atoms with E-state index in [0.717, 1.165) is 25.7 Å². The normalized spacial score (nSPS) is 31.2. The molecule has 2 aromatic heterocycles. The van der Waals surface area contributed by atoms with Gasteiger partial charge in [0.1, 0.15) is 23.8 Å². The van der Waals surface area contributed by atoms with Crippen molar-refractivity contribution in [1.29, 1.82) is 0 Å². The van der Waals surface area contributed by atoms with Crippen molar-refractivity contribution >= 4 is 30.8 Å². The topological polar surface area (TPSA) is 193 Å². The molecule has 0 aliphatic carbocycles. The number of nitrogen functional groups attached to an aromatic ring is 1. The fourth-order valence-electron chi connectivity index (χ4n) is 3.59. The summed E-state index contributed by atoms with van der Waals surface area (Å²) in [6.07, 6.45) is 1.59. The molecule has 0 bridgehead atoms. The van der Waals surface area contributed by atoms with E-state index in [0.29, 0.717) is 30.2 Å². The molecule has 2 aliphatic heterocycles. The molecule has 0 aromatic carbocycles. The maximum absolute atomic E-state index is 11.7. The Morgan fingerprint density at radius 2 is 2.10 bits per heavy atom. The van der Waals surface area contributed by atoms with Gasteiger partial charge in [0.15, 0.2) is 17.7 Å². The number of hydrogen-bond acceptors (Lipinski definition) is 11. The highest BCUT2D eigenvalue weighted by Crippen LogP contribution is 2.52. The average molecular weight is 443 g/mol. The quantitative estimate of drug-likeness (QED) is 0.273. The fraction of sp³-hybridized carbons (Fsp3) is 0.688. The molecule has 5 atom stereocenters. The second-order valence-electron chi connectivity index (χ2n) is 7.28. The summed E-state index contributed by atoms with van der Waals surface area (Å²) in [5.41, 5.74) is 12.2. The third-order valence-electron chi connectivity index (χ3n) is 5.10. The Labute approximate surface area is 172 Å². The molecule has 0 amide bonds. The predicted molar refractivity (Wildman–Crippen MR) is 106 cm³/mol. The molecule has 2 aliphatic rings. The van der Waals surface area contributed by atoms with Crippen LogP contribution in [0.25, 0.3) is 11.2 Å². The van der Waals surface area contributed by atoms with Crippen molar-refractivity contribution in [3.63, 3.8) is 0 Å². The van der Waals surface area contributed by atoms with Gasteiger partial charge < -0.3 is 31.5 Å². The number of aromatic nitrogens is 4. The molecule has 30 heavy (non-hydrogen) atoms. The van der Waals surface area contributed by atoms with Crippen LogP contribution in [0, 0.1) is 0 Å². The average Bonchev–Trinajstić information content (AvgIpc) is 3.25. The lowest BCUT2D eigenvalue weighted by Gasteiger charge is -2.27. The highest BCUT2D eigenvalue weighted by atomic mass is 31.2. The van der Waals surface area contributed by atoms with Crippen LogP contribution in [0.1, 0.15) is 31.9 Å². The summed E-state index contributed by atoms with van der Waals surface area (Å²) in [5.74, 6) is 0.527. The van der Waals surface area contributed by atoms with E-state index in [1.807, 2.05) is 0 Å². The number of unbranched alkanes of at least 4 members (excludes halogenated alkanes) is 3. The number of rotatable bonds is 8. The van der Waals surface area contributed by atoms with E-state index in [9.17, 15) is 14.6 Å². The van der Waals surface area contributed by atoms with E-state index in [-0.39, 0.29) is 12.4 Å². The van der Waals surface area contributed by atoms with Crippen molar-refractivity contribution in [2.24, 2.45) is 5.73 Å². The number of imidazole rings is 1. The number of phosphoric acid groups is 1. The lowest BCUT2D eigenvalue weighted by Crippen LogP contribution is -2.39. The molecule has 5 unspecified atom stereocenters. The molecule has 0 radical (unpaired) electrons. The second-order valence-corrected chi connectivity index (χ2v) is 8.68. The van der Waals surface area contributed by atoms with Gasteiger partial charge in [-0.3, -0.25) is 13.6 Å². The maximum atomic E-state index is 11.7. The van der Waals surface area contributed by atoms with E-state index in [1.165, 1.54) is 10.9 Å². The SMILES string of the molecule is NCCCCCCNc1nc(N)c2ncn(C3OC4COP(=O)(O)OC4C3O)c2n1. The van der Waals surface area contributed by atoms with Gasteiger partial charge in [0, 0.05) is 6.54 Å². The van der Waals surface area contributed by atoms with Gasteiger partial charge in [-0.1, -0.05) is 12.8 Å². The number of nitrogens with one attached hydrogen (secondary N) is 1. The zero-order valence-corrected chi connectivity index (χ0v) is 17.1. The van der Waals surface area contributed by atoms with Crippen LogP contribution in [0.5, 0.6) is 0 Å². The van der Waals surface area contributed by atoms with E-state index in [4.69, 9.17) is 25.3 Å². The number of ether oxygens (including phenoxy) is 1. The minimum Gasteiger partial charge on any atom is -0.386 e. The number of nitrogens with two attached hydrogens (primary N) is 2. The van der Waals surface area contributed by atoms with E-state index in [1.54, 1.807) is 0 Å². The largest absolute Gasteiger partial charge is 0.472 e. The third-order valence-corrected chi connectivity index (χ3v) is 6.09. The number of aliphatic hydroxyl groups excluding tert-OH is 1. The number of fused-ring (bicyclic) bond motifs is 2. The molecular formula is C16H26N7O6P. The van der Waals surface area contributed by atoms with Crippen LogP contribution in [0.2, 0.25) is 0 Å². The van der Waals surface area contributed by atoms with Crippen LogP contribution >= 0.6 is 7.82 Å². The van der Waals surface area contributed by atoms with Gasteiger partial charge in [-0.15, -0.1) is 0 Å². The van der Waals surface area contributed by atoms with Crippen molar-refractivity contribution in [2.75, 3.05) is 30.7 Å². The summed E-state index contributed by atoms with van der Waals surface area (Å²) in [6, 6.07) is 0. The Balaban J connectivity index is 1.51. The van der Waals surface area contributed by atoms with Gasteiger partial charge in [-0.2, -0.15) is 9.97 Å². The zero-order valence-electron chi connectivity index (χ0n) is 16.3. The minimum absolute atomic E-state index is 0.174. The number of aliphatic hydroxyl groups is 1. The molecule has 4 heterocycles. The summed E-state index contributed by atoms with van der Waals surface area (Å²) in [7, 11) is -4.21. The van der Waals surface area contributed by atoms with Crippen LogP contribution in [-0.2, 0) is 18.3 Å². The minimum atomic E-state index is -4.21. The maximum Gasteiger partial charge on any atom is 0.472 e. The molecule has 13 nitrogen and oxygen atoms in total. The third kappa shape index (κ3) is 4.28. The smallest absolute Gasteiger partial charge is 0.386 e. The lowest BCUT2D eigenvalue weighted by molar-refractivity contribution is -0.0664. The van der Waals surface area contributed by atoms with Crippen LogP contribution in [0.4, 0.5) is 11.8 Å². The zero-order chi connectivity index (χ0) is 21.3. The van der Waals surface area contributed by atoms with Crippen molar-refractivity contribution < 1.29 is 28.3 Å². The van der Waals surface area contributed by atoms with Crippen LogP contribution < -0.4 is 16.8 Å². The first-order valence-electron chi connectivity index (χ1n) is 9.83. The molecule has 166 valence electrons. The Hall–Kier alpha value is -1.86. The highest BCUT2D eigenvalue weighted by molar-refractivity contribution is 7.47. The fourth-order valence-corrected chi connectivity index (χ4v) is 4.56. The molecule has 7 N–H and O–H groups in total. The molecule has 0 spiro atoms. The predicted octanol–water partition coefficient (Wildman–Crippen LogP) is 0.114. The number of phosphoric ester groups is 1. The van der Waals surface area contributed by atoms with Crippen LogP contribution in [0.3, 0.4) is 0 Å². The summed E-state index contributed by atoms with van der Waals surface area (Å²) < 4.78 is 28.7. The molecule has 2 saturated heterocycles. The van der Waals surface area contributed by atoms with E-state index < -0.39 is 32.4 Å². The molecule has 14 heteroatoms. The monoisotopic (exact) mass is 443 g/mol. The summed E-state index contributed by atoms with van der Waals surface area (Å²) in [5, 5.41) is 13.8. The first-order chi connectivity index (χ1) is 14.4. The number of anilines is 2. The molecular weight excluding hydrogens is 417 g/mol. The van der Waals surface area contributed by atoms with Crippen molar-refractivity contribution in [1.82, 2.24) is 19.5 Å². The van der Waals surface area contributed by atoms with Gasteiger partial charge in [0.2, 0.25) is 5.95 Å². The van der Waals surface area contributed by atoms with Crippen LogP contribution in [-0.4, -0.2) is 67.5 Å². The van der Waals surface area contributed by atoms with Gasteiger partial charge in [0.25, 0.3) is 0 Å². The lowest BCUT2D eigenvalue weighted by atomic mass is 10.1. The standard InChI is InChI=1S/C16H26N7O6P/c17-5-3-1-2-4-6-19-16-21-13(18)10-14(22-16)23(8-20-10)15-11(24)12-9(28-15)7-27-30(25,26)29-12/h8-9,11-12,15,24H,1-7,17H2,(H,25,26)(H3,18,19,21,22). The van der Waals surface area contributed by atoms with Gasteiger partial charge >= 0.3 is 7.82 Å². The van der Waals surface area contributed by atoms with Gasteiger partial charge in [-0.25, -0.2) is 9.55 Å². The van der Waals surface area contributed by atoms with E-state index in [2.05, 4.69) is 20.3 Å². The van der Waals surface area contributed by atoms with Gasteiger partial charge in [-0.05, 0) is 19.4 Å². The molecule has 4 rings (SSSR count). The van der Waals surface area contributed by atoms with Crippen molar-refractivity contribution in [3.8, 4) is 0 Å². The van der Waals surface area contributed by atoms with Crippen molar-refractivity contribution in [2.45, 2.75) is 50.2 Å². The Kier molecular flexibility index (Phi) is 6.21. The molecule has 0 saturated carbocycles. The highest BCUT2D eigenvalue weighted by Gasteiger charge is 2.52. The summed E-state index contributed by atoms with van der Waals surface area (Å²) in [6.45, 7) is 1.19. The molecule has 2 fully saturated rings. The van der Waals surface area contributed by atoms with Gasteiger partial charge in [0.05, 0.1) is 12.9 Å². The summed E-state index contributed by atoms with van der Waals surface area (Å²) >= 11 is 0. The Morgan fingerprint density at radius 1 is 1.30 bits per heavy atom. The summed E-state index contributed by atoms with van der Waals surface area (Å²) in [4.78, 5) is 22.4. The Morgan fingerprint density at radius 3 is 2.90 bits per heavy atom. The second kappa shape index (κ2) is 8.71. The van der Waals surface area contributed by atoms with E-state index >= 15 is 0 Å².